The molecule has 2 aromatic carbocycles. The maximum Gasteiger partial charge on any atom is 0.323 e. The number of aliphatic hydroxyl groups is 1. The number of amides is 1. The smallest absolute Gasteiger partial charge is 0.323 e. The monoisotopic (exact) mass is 257 g/mol. The summed E-state index contributed by atoms with van der Waals surface area (Å²) in [4.78, 5) is 23.8. The third-order valence-corrected chi connectivity index (χ3v) is 3.29. The van der Waals surface area contributed by atoms with Crippen LogP contribution in [-0.4, -0.2) is 33.5 Å². The lowest BCUT2D eigenvalue weighted by atomic mass is 10.0. The van der Waals surface area contributed by atoms with Gasteiger partial charge in [-0.3, -0.25) is 14.5 Å². The summed E-state index contributed by atoms with van der Waals surface area (Å²) >= 11 is 0. The van der Waals surface area contributed by atoms with Gasteiger partial charge in [0.05, 0.1) is 0 Å². The summed E-state index contributed by atoms with van der Waals surface area (Å²) in [6, 6.07) is 10.9. The van der Waals surface area contributed by atoms with Crippen LogP contribution in [0.4, 0.5) is 0 Å². The van der Waals surface area contributed by atoms with Crippen molar-refractivity contribution in [2.75, 3.05) is 6.54 Å². The van der Waals surface area contributed by atoms with Gasteiger partial charge in [0, 0.05) is 11.1 Å². The number of nitrogens with zero attached hydrogens (tertiary/aromatic N) is 1. The van der Waals surface area contributed by atoms with Crippen LogP contribution >= 0.6 is 0 Å². The van der Waals surface area contributed by atoms with Crippen LogP contribution < -0.4 is 0 Å². The number of rotatable bonds is 2. The molecule has 96 valence electrons. The molecule has 0 spiro atoms. The number of carbonyl (C=O) groups excluding carboxylic acids is 1. The van der Waals surface area contributed by atoms with E-state index < -0.39 is 24.6 Å². The Morgan fingerprint density at radius 1 is 1.21 bits per heavy atom. The highest BCUT2D eigenvalue weighted by Gasteiger charge is 2.36. The third-order valence-electron chi connectivity index (χ3n) is 3.29. The van der Waals surface area contributed by atoms with Crippen molar-refractivity contribution in [1.82, 2.24) is 4.90 Å². The van der Waals surface area contributed by atoms with Gasteiger partial charge in [0.25, 0.3) is 5.91 Å². The zero-order valence-corrected chi connectivity index (χ0v) is 9.91. The van der Waals surface area contributed by atoms with E-state index in [1.807, 2.05) is 24.3 Å². The topological polar surface area (TPSA) is 77.8 Å². The second-order valence-electron chi connectivity index (χ2n) is 4.49. The van der Waals surface area contributed by atoms with Gasteiger partial charge in [0.15, 0.2) is 6.23 Å². The fourth-order valence-corrected chi connectivity index (χ4v) is 2.39. The Hall–Kier alpha value is -2.40. The zero-order chi connectivity index (χ0) is 13.6. The van der Waals surface area contributed by atoms with Gasteiger partial charge in [-0.05, 0) is 22.9 Å². The van der Waals surface area contributed by atoms with Crippen molar-refractivity contribution < 1.29 is 19.8 Å². The zero-order valence-electron chi connectivity index (χ0n) is 9.91. The van der Waals surface area contributed by atoms with E-state index >= 15 is 0 Å². The summed E-state index contributed by atoms with van der Waals surface area (Å²) in [7, 11) is 0. The molecule has 1 aliphatic rings. The maximum absolute atomic E-state index is 12.1. The first-order chi connectivity index (χ1) is 9.08. The average Bonchev–Trinajstić information content (AvgIpc) is 2.61. The van der Waals surface area contributed by atoms with Crippen molar-refractivity contribution in [2.45, 2.75) is 6.23 Å². The van der Waals surface area contributed by atoms with Gasteiger partial charge in [-0.15, -0.1) is 0 Å². The second-order valence-corrected chi connectivity index (χ2v) is 4.49. The largest absolute Gasteiger partial charge is 0.480 e. The van der Waals surface area contributed by atoms with Crippen LogP contribution in [0.1, 0.15) is 22.1 Å². The molecule has 1 unspecified atom stereocenters. The molecule has 19 heavy (non-hydrogen) atoms. The Labute approximate surface area is 108 Å². The van der Waals surface area contributed by atoms with Crippen molar-refractivity contribution in [1.29, 1.82) is 0 Å². The fraction of sp³-hybridized carbons (Fsp3) is 0.143. The molecular formula is C14H11NO4. The molecule has 0 radical (unpaired) electrons. The number of fused-ring (bicyclic) bond motifs is 2. The number of carboxylic acids is 1. The van der Waals surface area contributed by atoms with Crippen molar-refractivity contribution in [3.8, 4) is 0 Å². The first-order valence-electron chi connectivity index (χ1n) is 5.81. The SMILES string of the molecule is O=C(O)CN1C(=O)c2cc3ccccc3cc2C1O. The van der Waals surface area contributed by atoms with Gasteiger partial charge in [-0.1, -0.05) is 24.3 Å². The summed E-state index contributed by atoms with van der Waals surface area (Å²) in [5.74, 6) is -1.60. The highest BCUT2D eigenvalue weighted by Crippen LogP contribution is 2.34. The highest BCUT2D eigenvalue weighted by atomic mass is 16.4. The first-order valence-corrected chi connectivity index (χ1v) is 5.81. The van der Waals surface area contributed by atoms with Gasteiger partial charge in [0.1, 0.15) is 6.54 Å². The number of hydrogen-bond acceptors (Lipinski definition) is 3. The second kappa shape index (κ2) is 4.07. The van der Waals surface area contributed by atoms with E-state index in [4.69, 9.17) is 5.11 Å². The standard InChI is InChI=1S/C14H11NO4/c16-12(17)7-15-13(18)10-5-8-3-1-2-4-9(8)6-11(10)14(15)19/h1-6,13,18H,7H2,(H,16,17). The maximum atomic E-state index is 12.1. The molecule has 0 fully saturated rings. The minimum absolute atomic E-state index is 0.368. The first kappa shape index (κ1) is 11.7. The summed E-state index contributed by atoms with van der Waals surface area (Å²) < 4.78 is 0. The predicted octanol–water partition coefficient (Wildman–Crippen LogP) is 1.37. The van der Waals surface area contributed by atoms with Gasteiger partial charge >= 0.3 is 5.97 Å². The van der Waals surface area contributed by atoms with Gasteiger partial charge < -0.3 is 10.2 Å². The lowest BCUT2D eigenvalue weighted by Crippen LogP contribution is -2.33. The Balaban J connectivity index is 2.13. The van der Waals surface area contributed by atoms with E-state index in [-0.39, 0.29) is 0 Å². The van der Waals surface area contributed by atoms with E-state index in [9.17, 15) is 14.7 Å². The molecule has 2 N–H and O–H groups in total. The van der Waals surface area contributed by atoms with Gasteiger partial charge in [-0.2, -0.15) is 0 Å². The molecule has 0 aliphatic carbocycles. The van der Waals surface area contributed by atoms with Crippen molar-refractivity contribution in [3.05, 3.63) is 47.5 Å². The molecule has 2 aromatic rings. The quantitative estimate of drug-likeness (QED) is 0.851. The minimum Gasteiger partial charge on any atom is -0.480 e. The number of carboxylic acid groups (broad SMARTS) is 1. The molecule has 3 rings (SSSR count). The van der Waals surface area contributed by atoms with Crippen LogP contribution in [-0.2, 0) is 4.79 Å². The van der Waals surface area contributed by atoms with Crippen LogP contribution in [0.2, 0.25) is 0 Å². The van der Waals surface area contributed by atoms with Crippen LogP contribution in [0, 0.1) is 0 Å². The summed E-state index contributed by atoms with van der Waals surface area (Å²) in [5, 5.41) is 20.6. The number of aliphatic carboxylic acids is 1. The number of hydrogen-bond donors (Lipinski definition) is 2. The summed E-state index contributed by atoms with van der Waals surface area (Å²) in [6.07, 6.45) is -1.19. The number of benzene rings is 2. The van der Waals surface area contributed by atoms with E-state index in [0.29, 0.717) is 11.1 Å². The number of aliphatic hydroxyl groups excluding tert-OH is 1. The average molecular weight is 257 g/mol. The summed E-state index contributed by atoms with van der Waals surface area (Å²) in [5.41, 5.74) is 0.831. The Morgan fingerprint density at radius 2 is 1.84 bits per heavy atom. The normalized spacial score (nSPS) is 17.8. The molecule has 0 aromatic heterocycles. The molecule has 1 heterocycles. The molecule has 0 bridgehead atoms. The van der Waals surface area contributed by atoms with Crippen LogP contribution in [0.15, 0.2) is 36.4 Å². The Kier molecular flexibility index (Phi) is 2.50. The molecular weight excluding hydrogens is 246 g/mol. The molecule has 1 aliphatic heterocycles. The molecule has 1 atom stereocenters. The molecule has 1 amide bonds. The van der Waals surface area contributed by atoms with Crippen molar-refractivity contribution in [2.24, 2.45) is 0 Å². The van der Waals surface area contributed by atoms with E-state index in [0.717, 1.165) is 15.7 Å². The molecule has 5 nitrogen and oxygen atoms in total. The van der Waals surface area contributed by atoms with E-state index in [2.05, 4.69) is 0 Å². The van der Waals surface area contributed by atoms with Crippen molar-refractivity contribution in [3.63, 3.8) is 0 Å². The minimum atomic E-state index is -1.19. The summed E-state index contributed by atoms with van der Waals surface area (Å²) in [6.45, 7) is -0.509. The Morgan fingerprint density at radius 3 is 2.47 bits per heavy atom. The third kappa shape index (κ3) is 1.75. The van der Waals surface area contributed by atoms with Crippen LogP contribution in [0.3, 0.4) is 0 Å². The van der Waals surface area contributed by atoms with E-state index in [1.165, 1.54) is 0 Å². The lowest BCUT2D eigenvalue weighted by Gasteiger charge is -2.17. The predicted molar refractivity (Wildman–Crippen MR) is 67.6 cm³/mol. The van der Waals surface area contributed by atoms with Crippen LogP contribution in [0.5, 0.6) is 0 Å². The van der Waals surface area contributed by atoms with Gasteiger partial charge in [-0.25, -0.2) is 0 Å². The van der Waals surface area contributed by atoms with Crippen LogP contribution in [0.25, 0.3) is 10.8 Å². The van der Waals surface area contributed by atoms with Crippen molar-refractivity contribution >= 4 is 22.6 Å². The Bertz CT molecular complexity index is 695. The molecule has 0 saturated carbocycles. The highest BCUT2D eigenvalue weighted by molar-refractivity contribution is 6.04. The molecule has 0 saturated heterocycles. The van der Waals surface area contributed by atoms with E-state index in [1.54, 1.807) is 12.1 Å². The number of carbonyl (C=O) groups is 2. The lowest BCUT2D eigenvalue weighted by molar-refractivity contribution is -0.139. The fourth-order valence-electron chi connectivity index (χ4n) is 2.39. The van der Waals surface area contributed by atoms with Gasteiger partial charge in [0.2, 0.25) is 0 Å². The molecule has 5 heteroatoms.